The fraction of sp³-hybridized carbons (Fsp3) is 0.111. The number of halogens is 2. The third-order valence-corrected chi connectivity index (χ3v) is 4.08. The van der Waals surface area contributed by atoms with E-state index in [4.69, 9.17) is 16.9 Å². The number of benzene rings is 2. The Morgan fingerprint density at radius 1 is 1.36 bits per heavy atom. The summed E-state index contributed by atoms with van der Waals surface area (Å²) in [6, 6.07) is 12.7. The van der Waals surface area contributed by atoms with Gasteiger partial charge >= 0.3 is 0 Å². The summed E-state index contributed by atoms with van der Waals surface area (Å²) in [7, 11) is 0. The minimum Gasteiger partial charge on any atom is -0.381 e. The van der Waals surface area contributed by atoms with Crippen LogP contribution in [0.15, 0.2) is 48.7 Å². The van der Waals surface area contributed by atoms with Crippen LogP contribution in [-0.2, 0) is 11.3 Å². The van der Waals surface area contributed by atoms with Crippen LogP contribution in [0.4, 0.5) is 10.1 Å². The van der Waals surface area contributed by atoms with Gasteiger partial charge in [-0.05, 0) is 30.3 Å². The first-order valence-corrected chi connectivity index (χ1v) is 7.79. The first kappa shape index (κ1) is 17.0. The fourth-order valence-electron chi connectivity index (χ4n) is 2.54. The molecule has 0 fully saturated rings. The number of aliphatic hydroxyl groups excluding tert-OH is 1. The molecule has 0 saturated heterocycles. The summed E-state index contributed by atoms with van der Waals surface area (Å²) >= 11 is 5.91. The minimum atomic E-state index is -1.38. The number of anilines is 1. The van der Waals surface area contributed by atoms with Gasteiger partial charge in [0.2, 0.25) is 0 Å². The maximum atomic E-state index is 14.0. The van der Waals surface area contributed by atoms with Crippen LogP contribution < -0.4 is 5.32 Å². The molecule has 2 N–H and O–H groups in total. The van der Waals surface area contributed by atoms with Crippen LogP contribution in [0.1, 0.15) is 5.56 Å². The van der Waals surface area contributed by atoms with Crippen molar-refractivity contribution >= 4 is 34.1 Å². The molecule has 0 aliphatic heterocycles. The molecular formula is C18H13ClFN3O2. The van der Waals surface area contributed by atoms with Gasteiger partial charge in [-0.3, -0.25) is 4.79 Å². The Morgan fingerprint density at radius 2 is 2.16 bits per heavy atom. The van der Waals surface area contributed by atoms with Gasteiger partial charge in [0.25, 0.3) is 5.91 Å². The van der Waals surface area contributed by atoms with Gasteiger partial charge in [0, 0.05) is 17.3 Å². The van der Waals surface area contributed by atoms with E-state index in [1.807, 2.05) is 6.07 Å². The summed E-state index contributed by atoms with van der Waals surface area (Å²) in [5.74, 6) is -1.08. The smallest absolute Gasteiger partial charge is 0.255 e. The molecule has 126 valence electrons. The highest BCUT2D eigenvalue weighted by Gasteiger charge is 2.18. The Hall–Kier alpha value is -2.88. The molecule has 1 atom stereocenters. The molecule has 0 bridgehead atoms. The SMILES string of the molecule is N#Cc1ccc(NC(=O)C(O)Cn2ccc3cccc(F)c32)cc1Cl. The molecule has 0 aliphatic carbocycles. The van der Waals surface area contributed by atoms with Crippen molar-refractivity contribution in [2.24, 2.45) is 0 Å². The number of nitriles is 1. The average molecular weight is 358 g/mol. The number of rotatable bonds is 4. The highest BCUT2D eigenvalue weighted by atomic mass is 35.5. The number of nitrogens with zero attached hydrogens (tertiary/aromatic N) is 2. The summed E-state index contributed by atoms with van der Waals surface area (Å²) < 4.78 is 15.4. The van der Waals surface area contributed by atoms with Crippen molar-refractivity contribution in [3.05, 3.63) is 65.1 Å². The van der Waals surface area contributed by atoms with Gasteiger partial charge in [-0.1, -0.05) is 23.7 Å². The number of amides is 1. The molecule has 7 heteroatoms. The number of para-hydroxylation sites is 1. The van der Waals surface area contributed by atoms with Gasteiger partial charge in [0.05, 0.1) is 22.6 Å². The highest BCUT2D eigenvalue weighted by Crippen LogP contribution is 2.21. The van der Waals surface area contributed by atoms with Gasteiger partial charge in [-0.15, -0.1) is 0 Å². The van der Waals surface area contributed by atoms with Crippen molar-refractivity contribution in [2.75, 3.05) is 5.32 Å². The quantitative estimate of drug-likeness (QED) is 0.752. The summed E-state index contributed by atoms with van der Waals surface area (Å²) in [4.78, 5) is 12.1. The Balaban J connectivity index is 1.74. The molecule has 0 radical (unpaired) electrons. The number of aliphatic hydroxyl groups is 1. The topological polar surface area (TPSA) is 78.1 Å². The number of carbonyl (C=O) groups is 1. The van der Waals surface area contributed by atoms with Gasteiger partial charge < -0.3 is 15.0 Å². The highest BCUT2D eigenvalue weighted by molar-refractivity contribution is 6.32. The fourth-order valence-corrected chi connectivity index (χ4v) is 2.77. The van der Waals surface area contributed by atoms with Crippen LogP contribution in [-0.4, -0.2) is 21.7 Å². The van der Waals surface area contributed by atoms with Crippen molar-refractivity contribution in [3.8, 4) is 6.07 Å². The lowest BCUT2D eigenvalue weighted by molar-refractivity contribution is -0.124. The third-order valence-electron chi connectivity index (χ3n) is 3.77. The molecule has 25 heavy (non-hydrogen) atoms. The van der Waals surface area contributed by atoms with Crippen LogP contribution in [0, 0.1) is 17.1 Å². The second-order valence-corrected chi connectivity index (χ2v) is 5.86. The molecule has 1 heterocycles. The lowest BCUT2D eigenvalue weighted by Crippen LogP contribution is -2.31. The number of aromatic nitrogens is 1. The van der Waals surface area contributed by atoms with E-state index in [-0.39, 0.29) is 17.1 Å². The normalized spacial score (nSPS) is 11.9. The van der Waals surface area contributed by atoms with Crippen molar-refractivity contribution in [1.82, 2.24) is 4.57 Å². The molecule has 3 rings (SSSR count). The largest absolute Gasteiger partial charge is 0.381 e. The van der Waals surface area contributed by atoms with E-state index in [1.165, 1.54) is 28.8 Å². The molecule has 3 aromatic rings. The second kappa shape index (κ2) is 6.93. The summed E-state index contributed by atoms with van der Waals surface area (Å²) in [6.45, 7) is -0.0969. The predicted octanol–water partition coefficient (Wildman–Crippen LogP) is 3.31. The molecule has 2 aromatic carbocycles. The molecule has 1 aromatic heterocycles. The zero-order chi connectivity index (χ0) is 18.0. The number of carbonyl (C=O) groups excluding carboxylic acids is 1. The van der Waals surface area contributed by atoms with E-state index in [0.29, 0.717) is 16.6 Å². The second-order valence-electron chi connectivity index (χ2n) is 5.46. The minimum absolute atomic E-state index is 0.0969. The molecule has 0 saturated carbocycles. The average Bonchev–Trinajstić information content (AvgIpc) is 2.99. The standard InChI is InChI=1S/C18H13ClFN3O2/c19-14-8-13(5-4-12(14)9-21)22-18(25)16(24)10-23-7-6-11-2-1-3-15(20)17(11)23/h1-8,16,24H,10H2,(H,22,25). The molecule has 0 aliphatic rings. The maximum absolute atomic E-state index is 14.0. The summed E-state index contributed by atoms with van der Waals surface area (Å²) in [5.41, 5.74) is 0.974. The number of hydrogen-bond acceptors (Lipinski definition) is 3. The maximum Gasteiger partial charge on any atom is 0.255 e. The zero-order valence-corrected chi connectivity index (χ0v) is 13.7. The van der Waals surface area contributed by atoms with Crippen molar-refractivity contribution in [1.29, 1.82) is 5.26 Å². The third kappa shape index (κ3) is 3.48. The Labute approximate surface area is 147 Å². The van der Waals surface area contributed by atoms with Gasteiger partial charge in [-0.2, -0.15) is 5.26 Å². The van der Waals surface area contributed by atoms with Gasteiger partial charge in [-0.25, -0.2) is 4.39 Å². The number of fused-ring (bicyclic) bond motifs is 1. The summed E-state index contributed by atoms with van der Waals surface area (Å²) in [5, 5.41) is 22.4. The lowest BCUT2D eigenvalue weighted by atomic mass is 10.2. The number of hydrogen-bond donors (Lipinski definition) is 2. The van der Waals surface area contributed by atoms with Gasteiger partial charge in [0.15, 0.2) is 6.10 Å². The van der Waals surface area contributed by atoms with Crippen LogP contribution in [0.5, 0.6) is 0 Å². The molecule has 0 spiro atoms. The van der Waals surface area contributed by atoms with E-state index < -0.39 is 17.8 Å². The predicted molar refractivity (Wildman–Crippen MR) is 92.7 cm³/mol. The van der Waals surface area contributed by atoms with Gasteiger partial charge in [0.1, 0.15) is 11.9 Å². The van der Waals surface area contributed by atoms with Crippen molar-refractivity contribution < 1.29 is 14.3 Å². The molecular weight excluding hydrogens is 345 g/mol. The van der Waals surface area contributed by atoms with Crippen LogP contribution in [0.3, 0.4) is 0 Å². The first-order chi connectivity index (χ1) is 12.0. The monoisotopic (exact) mass is 357 g/mol. The van der Waals surface area contributed by atoms with E-state index in [0.717, 1.165) is 0 Å². The number of nitrogens with one attached hydrogen (secondary N) is 1. The summed E-state index contributed by atoms with van der Waals surface area (Å²) in [6.07, 6.45) is 0.229. The Kier molecular flexibility index (Phi) is 4.70. The van der Waals surface area contributed by atoms with E-state index in [9.17, 15) is 14.3 Å². The Morgan fingerprint density at radius 3 is 2.88 bits per heavy atom. The van der Waals surface area contributed by atoms with Crippen LogP contribution >= 0.6 is 11.6 Å². The van der Waals surface area contributed by atoms with Crippen molar-refractivity contribution in [3.63, 3.8) is 0 Å². The molecule has 1 amide bonds. The van der Waals surface area contributed by atoms with E-state index in [1.54, 1.807) is 24.4 Å². The van der Waals surface area contributed by atoms with E-state index >= 15 is 0 Å². The Bertz CT molecular complexity index is 994. The molecule has 1 unspecified atom stereocenters. The van der Waals surface area contributed by atoms with Crippen LogP contribution in [0.25, 0.3) is 10.9 Å². The van der Waals surface area contributed by atoms with Crippen molar-refractivity contribution in [2.45, 2.75) is 12.6 Å². The zero-order valence-electron chi connectivity index (χ0n) is 12.9. The van der Waals surface area contributed by atoms with Crippen LogP contribution in [0.2, 0.25) is 5.02 Å². The molecule has 5 nitrogen and oxygen atoms in total. The lowest BCUT2D eigenvalue weighted by Gasteiger charge is -2.14. The first-order valence-electron chi connectivity index (χ1n) is 7.41. The van der Waals surface area contributed by atoms with E-state index in [2.05, 4.69) is 5.32 Å².